The lowest BCUT2D eigenvalue weighted by Gasteiger charge is -2.09. The Bertz CT molecular complexity index is 545. The van der Waals surface area contributed by atoms with Crippen LogP contribution < -0.4 is 10.1 Å². The molecule has 0 aliphatic rings. The van der Waals surface area contributed by atoms with Gasteiger partial charge in [0.2, 0.25) is 0 Å². The first-order valence-electron chi connectivity index (χ1n) is 5.72. The van der Waals surface area contributed by atoms with E-state index in [1.807, 2.05) is 24.3 Å². The number of ether oxygens (including phenoxy) is 1. The van der Waals surface area contributed by atoms with Crippen LogP contribution in [0.1, 0.15) is 0 Å². The average Bonchev–Trinajstić information content (AvgIpc) is 2.34. The SMILES string of the molecule is Fc1cc(Cl)cc(NCCOc2cccc(Br)c2)c1. The predicted octanol–water partition coefficient (Wildman–Crippen LogP) is 4.73. The topological polar surface area (TPSA) is 21.3 Å². The molecule has 2 rings (SSSR count). The number of nitrogens with one attached hydrogen (secondary N) is 1. The number of benzene rings is 2. The molecule has 2 aromatic rings. The number of hydrogen-bond donors (Lipinski definition) is 1. The normalized spacial score (nSPS) is 10.3. The fraction of sp³-hybridized carbons (Fsp3) is 0.143. The molecule has 0 saturated carbocycles. The highest BCUT2D eigenvalue weighted by atomic mass is 79.9. The second-order valence-electron chi connectivity index (χ2n) is 3.89. The summed E-state index contributed by atoms with van der Waals surface area (Å²) in [5, 5.41) is 3.42. The van der Waals surface area contributed by atoms with Crippen LogP contribution in [0.15, 0.2) is 46.9 Å². The van der Waals surface area contributed by atoms with E-state index in [-0.39, 0.29) is 5.82 Å². The first-order chi connectivity index (χ1) is 9.13. The van der Waals surface area contributed by atoms with Gasteiger partial charge in [0.1, 0.15) is 18.2 Å². The van der Waals surface area contributed by atoms with E-state index in [2.05, 4.69) is 21.2 Å². The van der Waals surface area contributed by atoms with Crippen molar-refractivity contribution in [2.45, 2.75) is 0 Å². The maximum Gasteiger partial charge on any atom is 0.126 e. The largest absolute Gasteiger partial charge is 0.492 e. The minimum Gasteiger partial charge on any atom is -0.492 e. The molecule has 2 aromatic carbocycles. The third kappa shape index (κ3) is 4.73. The van der Waals surface area contributed by atoms with Crippen molar-refractivity contribution in [1.29, 1.82) is 0 Å². The molecular formula is C14H12BrClFNO. The van der Waals surface area contributed by atoms with E-state index >= 15 is 0 Å². The van der Waals surface area contributed by atoms with Crippen molar-refractivity contribution in [3.05, 3.63) is 57.8 Å². The Morgan fingerprint density at radius 1 is 1.21 bits per heavy atom. The summed E-state index contributed by atoms with van der Waals surface area (Å²) in [6, 6.07) is 11.9. The van der Waals surface area contributed by atoms with Crippen LogP contribution in [0.2, 0.25) is 5.02 Å². The third-order valence-electron chi connectivity index (χ3n) is 2.36. The van der Waals surface area contributed by atoms with E-state index in [1.54, 1.807) is 6.07 Å². The summed E-state index contributed by atoms with van der Waals surface area (Å²) in [4.78, 5) is 0. The Morgan fingerprint density at radius 2 is 2.05 bits per heavy atom. The van der Waals surface area contributed by atoms with E-state index in [1.165, 1.54) is 12.1 Å². The zero-order valence-electron chi connectivity index (χ0n) is 10.00. The highest BCUT2D eigenvalue weighted by molar-refractivity contribution is 9.10. The van der Waals surface area contributed by atoms with Crippen LogP contribution in [0.5, 0.6) is 5.75 Å². The zero-order chi connectivity index (χ0) is 13.7. The number of rotatable bonds is 5. The summed E-state index contributed by atoms with van der Waals surface area (Å²) in [6.45, 7) is 1.04. The van der Waals surface area contributed by atoms with Crippen molar-refractivity contribution in [3.8, 4) is 5.75 Å². The molecule has 5 heteroatoms. The van der Waals surface area contributed by atoms with Crippen LogP contribution >= 0.6 is 27.5 Å². The molecule has 1 N–H and O–H groups in total. The Morgan fingerprint density at radius 3 is 2.79 bits per heavy atom. The first kappa shape index (κ1) is 14.2. The van der Waals surface area contributed by atoms with Crippen LogP contribution in [0.25, 0.3) is 0 Å². The highest BCUT2D eigenvalue weighted by Crippen LogP contribution is 2.19. The molecule has 0 amide bonds. The maximum absolute atomic E-state index is 13.1. The lowest BCUT2D eigenvalue weighted by molar-refractivity contribution is 0.332. The minimum atomic E-state index is -0.358. The molecule has 100 valence electrons. The molecule has 0 bridgehead atoms. The zero-order valence-corrected chi connectivity index (χ0v) is 12.3. The molecule has 0 fully saturated rings. The lowest BCUT2D eigenvalue weighted by atomic mass is 10.3. The van der Waals surface area contributed by atoms with Gasteiger partial charge in [0.15, 0.2) is 0 Å². The van der Waals surface area contributed by atoms with Gasteiger partial charge in [-0.1, -0.05) is 33.6 Å². The fourth-order valence-corrected chi connectivity index (χ4v) is 2.18. The van der Waals surface area contributed by atoms with Crippen LogP contribution in [0.3, 0.4) is 0 Å². The van der Waals surface area contributed by atoms with Gasteiger partial charge in [-0.25, -0.2) is 4.39 Å². The summed E-state index contributed by atoms with van der Waals surface area (Å²) >= 11 is 9.13. The van der Waals surface area contributed by atoms with Gasteiger partial charge in [-0.05, 0) is 36.4 Å². The van der Waals surface area contributed by atoms with Gasteiger partial charge in [-0.3, -0.25) is 0 Å². The van der Waals surface area contributed by atoms with Crippen molar-refractivity contribution >= 4 is 33.2 Å². The molecule has 0 unspecified atom stereocenters. The minimum absolute atomic E-state index is 0.358. The smallest absolute Gasteiger partial charge is 0.126 e. The number of anilines is 1. The van der Waals surface area contributed by atoms with E-state index in [4.69, 9.17) is 16.3 Å². The van der Waals surface area contributed by atoms with Gasteiger partial charge in [0.25, 0.3) is 0 Å². The maximum atomic E-state index is 13.1. The fourth-order valence-electron chi connectivity index (χ4n) is 1.58. The van der Waals surface area contributed by atoms with Crippen molar-refractivity contribution < 1.29 is 9.13 Å². The van der Waals surface area contributed by atoms with Gasteiger partial charge in [-0.15, -0.1) is 0 Å². The monoisotopic (exact) mass is 343 g/mol. The molecular weight excluding hydrogens is 333 g/mol. The first-order valence-corrected chi connectivity index (χ1v) is 6.89. The lowest BCUT2D eigenvalue weighted by Crippen LogP contribution is -2.11. The van der Waals surface area contributed by atoms with E-state index < -0.39 is 0 Å². The van der Waals surface area contributed by atoms with Crippen molar-refractivity contribution in [2.75, 3.05) is 18.5 Å². The van der Waals surface area contributed by atoms with Crippen LogP contribution in [-0.2, 0) is 0 Å². The molecule has 0 aromatic heterocycles. The van der Waals surface area contributed by atoms with E-state index in [0.29, 0.717) is 23.9 Å². The molecule has 0 atom stereocenters. The van der Waals surface area contributed by atoms with Crippen LogP contribution in [0, 0.1) is 5.82 Å². The summed E-state index contributed by atoms with van der Waals surface area (Å²) in [5.74, 6) is 0.427. The molecule has 0 spiro atoms. The summed E-state index contributed by atoms with van der Waals surface area (Å²) in [5.41, 5.74) is 0.642. The Hall–Kier alpha value is -1.26. The summed E-state index contributed by atoms with van der Waals surface area (Å²) in [6.07, 6.45) is 0. The third-order valence-corrected chi connectivity index (χ3v) is 3.07. The van der Waals surface area contributed by atoms with Gasteiger partial charge in [0.05, 0.1) is 0 Å². The molecule has 0 heterocycles. The van der Waals surface area contributed by atoms with Crippen molar-refractivity contribution in [3.63, 3.8) is 0 Å². The molecule has 2 nitrogen and oxygen atoms in total. The summed E-state index contributed by atoms with van der Waals surface area (Å²) < 4.78 is 19.6. The number of halogens is 3. The Kier molecular flexibility index (Phi) is 5.05. The van der Waals surface area contributed by atoms with Gasteiger partial charge in [0, 0.05) is 21.7 Å². The van der Waals surface area contributed by atoms with Gasteiger partial charge in [-0.2, -0.15) is 0 Å². The predicted molar refractivity (Wildman–Crippen MR) is 79.5 cm³/mol. The molecule has 19 heavy (non-hydrogen) atoms. The standard InChI is InChI=1S/C14H12BrClFNO/c15-10-2-1-3-14(6-10)19-5-4-18-13-8-11(16)7-12(17)9-13/h1-3,6-9,18H,4-5H2. The summed E-state index contributed by atoms with van der Waals surface area (Å²) in [7, 11) is 0. The second kappa shape index (κ2) is 6.78. The average molecular weight is 345 g/mol. The second-order valence-corrected chi connectivity index (χ2v) is 5.24. The molecule has 0 saturated heterocycles. The van der Waals surface area contributed by atoms with Crippen LogP contribution in [0.4, 0.5) is 10.1 Å². The molecule has 0 aliphatic carbocycles. The van der Waals surface area contributed by atoms with Gasteiger partial charge >= 0.3 is 0 Å². The Balaban J connectivity index is 1.80. The highest BCUT2D eigenvalue weighted by Gasteiger charge is 1.99. The van der Waals surface area contributed by atoms with Gasteiger partial charge < -0.3 is 10.1 Å². The van der Waals surface area contributed by atoms with Crippen molar-refractivity contribution in [1.82, 2.24) is 0 Å². The Labute approximate surface area is 124 Å². The van der Waals surface area contributed by atoms with E-state index in [0.717, 1.165) is 10.2 Å². The molecule has 0 radical (unpaired) electrons. The quantitative estimate of drug-likeness (QED) is 0.792. The molecule has 0 aliphatic heterocycles. The van der Waals surface area contributed by atoms with E-state index in [9.17, 15) is 4.39 Å². The van der Waals surface area contributed by atoms with Crippen LogP contribution in [-0.4, -0.2) is 13.2 Å². The number of hydrogen-bond acceptors (Lipinski definition) is 2. The van der Waals surface area contributed by atoms with Crippen molar-refractivity contribution in [2.24, 2.45) is 0 Å².